The lowest BCUT2D eigenvalue weighted by Gasteiger charge is -2.23. The van der Waals surface area contributed by atoms with Crippen LogP contribution in [0.3, 0.4) is 0 Å². The fourth-order valence-electron chi connectivity index (χ4n) is 1.88. The highest BCUT2D eigenvalue weighted by Gasteiger charge is 2.27. The lowest BCUT2D eigenvalue weighted by atomic mass is 9.87. The van der Waals surface area contributed by atoms with E-state index in [1.807, 2.05) is 0 Å². The van der Waals surface area contributed by atoms with E-state index in [9.17, 15) is 13.6 Å². The van der Waals surface area contributed by atoms with E-state index in [0.717, 1.165) is 12.1 Å². The third-order valence-electron chi connectivity index (χ3n) is 2.97. The SMILES string of the molecule is CCC(N)C(CC(=O)OC)c1c(F)cccc1F. The summed E-state index contributed by atoms with van der Waals surface area (Å²) in [5.41, 5.74) is 5.71. The van der Waals surface area contributed by atoms with Crippen LogP contribution in [0.15, 0.2) is 18.2 Å². The molecule has 100 valence electrons. The van der Waals surface area contributed by atoms with Crippen LogP contribution in [0.1, 0.15) is 31.2 Å². The summed E-state index contributed by atoms with van der Waals surface area (Å²) >= 11 is 0. The summed E-state index contributed by atoms with van der Waals surface area (Å²) in [6.07, 6.45) is 0.374. The predicted octanol–water partition coefficient (Wildman–Crippen LogP) is 2.35. The molecule has 2 N–H and O–H groups in total. The topological polar surface area (TPSA) is 52.3 Å². The molecule has 1 aromatic rings. The average Bonchev–Trinajstić information content (AvgIpc) is 2.36. The standard InChI is InChI=1S/C13H17F2NO2/c1-3-11(16)8(7-12(17)18-2)13-9(14)5-4-6-10(13)15/h4-6,8,11H,3,7,16H2,1-2H3. The summed E-state index contributed by atoms with van der Waals surface area (Å²) in [6.45, 7) is 1.80. The smallest absolute Gasteiger partial charge is 0.306 e. The Bertz CT molecular complexity index is 403. The number of halogens is 2. The summed E-state index contributed by atoms with van der Waals surface area (Å²) < 4.78 is 31.9. The second-order valence-corrected chi connectivity index (χ2v) is 4.09. The summed E-state index contributed by atoms with van der Waals surface area (Å²) in [5, 5.41) is 0. The molecule has 0 bridgehead atoms. The Morgan fingerprint density at radius 3 is 2.39 bits per heavy atom. The molecule has 0 fully saturated rings. The van der Waals surface area contributed by atoms with Gasteiger partial charge in [-0.3, -0.25) is 4.79 Å². The van der Waals surface area contributed by atoms with E-state index >= 15 is 0 Å². The Balaban J connectivity index is 3.13. The number of hydrogen-bond donors (Lipinski definition) is 1. The van der Waals surface area contributed by atoms with Crippen LogP contribution >= 0.6 is 0 Å². The third kappa shape index (κ3) is 3.26. The zero-order chi connectivity index (χ0) is 13.7. The van der Waals surface area contributed by atoms with Gasteiger partial charge in [-0.15, -0.1) is 0 Å². The number of carbonyl (C=O) groups is 1. The van der Waals surface area contributed by atoms with Gasteiger partial charge in [0.2, 0.25) is 0 Å². The molecule has 0 saturated heterocycles. The van der Waals surface area contributed by atoms with Gasteiger partial charge < -0.3 is 10.5 Å². The number of ether oxygens (including phenoxy) is 1. The van der Waals surface area contributed by atoms with Crippen LogP contribution in [0.25, 0.3) is 0 Å². The Labute approximate surface area is 105 Å². The van der Waals surface area contributed by atoms with Crippen molar-refractivity contribution in [3.05, 3.63) is 35.4 Å². The van der Waals surface area contributed by atoms with Crippen molar-refractivity contribution < 1.29 is 18.3 Å². The molecule has 0 radical (unpaired) electrons. The van der Waals surface area contributed by atoms with Crippen molar-refractivity contribution in [1.29, 1.82) is 0 Å². The van der Waals surface area contributed by atoms with Gasteiger partial charge in [0.05, 0.1) is 13.5 Å². The van der Waals surface area contributed by atoms with Crippen molar-refractivity contribution in [2.75, 3.05) is 7.11 Å². The highest BCUT2D eigenvalue weighted by molar-refractivity contribution is 5.70. The van der Waals surface area contributed by atoms with E-state index in [0.29, 0.717) is 6.42 Å². The minimum Gasteiger partial charge on any atom is -0.469 e. The molecule has 0 saturated carbocycles. The molecule has 1 aromatic carbocycles. The van der Waals surface area contributed by atoms with Crippen molar-refractivity contribution >= 4 is 5.97 Å². The summed E-state index contributed by atoms with van der Waals surface area (Å²) in [7, 11) is 1.23. The van der Waals surface area contributed by atoms with Gasteiger partial charge in [0.1, 0.15) is 11.6 Å². The Morgan fingerprint density at radius 2 is 1.94 bits per heavy atom. The second kappa shape index (κ2) is 6.44. The van der Waals surface area contributed by atoms with E-state index in [4.69, 9.17) is 5.73 Å². The molecule has 2 unspecified atom stereocenters. The maximum atomic E-state index is 13.7. The predicted molar refractivity (Wildman–Crippen MR) is 64.0 cm³/mol. The van der Waals surface area contributed by atoms with Crippen LogP contribution in [0.5, 0.6) is 0 Å². The van der Waals surface area contributed by atoms with Crippen molar-refractivity contribution in [1.82, 2.24) is 0 Å². The number of carbonyl (C=O) groups excluding carboxylic acids is 1. The molecule has 0 heterocycles. The van der Waals surface area contributed by atoms with Crippen LogP contribution in [0, 0.1) is 11.6 Å². The molecule has 0 aromatic heterocycles. The van der Waals surface area contributed by atoms with Crippen molar-refractivity contribution in [2.24, 2.45) is 5.73 Å². The van der Waals surface area contributed by atoms with Gasteiger partial charge in [0, 0.05) is 17.5 Å². The van der Waals surface area contributed by atoms with Crippen molar-refractivity contribution in [3.63, 3.8) is 0 Å². The summed E-state index contributed by atoms with van der Waals surface area (Å²) in [6, 6.07) is 3.09. The first kappa shape index (κ1) is 14.6. The highest BCUT2D eigenvalue weighted by Crippen LogP contribution is 2.29. The van der Waals surface area contributed by atoms with E-state index in [-0.39, 0.29) is 12.0 Å². The molecule has 1 rings (SSSR count). The summed E-state index contributed by atoms with van der Waals surface area (Å²) in [5.74, 6) is -2.63. The molecule has 18 heavy (non-hydrogen) atoms. The monoisotopic (exact) mass is 257 g/mol. The molecule has 3 nitrogen and oxygen atoms in total. The van der Waals surface area contributed by atoms with Gasteiger partial charge in [-0.2, -0.15) is 0 Å². The van der Waals surface area contributed by atoms with Gasteiger partial charge in [-0.25, -0.2) is 8.78 Å². The Hall–Kier alpha value is -1.49. The first-order chi connectivity index (χ1) is 8.51. The molecular weight excluding hydrogens is 240 g/mol. The zero-order valence-corrected chi connectivity index (χ0v) is 10.5. The number of methoxy groups -OCH3 is 1. The number of benzene rings is 1. The van der Waals surface area contributed by atoms with Crippen molar-refractivity contribution in [3.8, 4) is 0 Å². The number of rotatable bonds is 5. The molecule has 0 spiro atoms. The molecule has 0 amide bonds. The molecular formula is C13H17F2NO2. The third-order valence-corrected chi connectivity index (χ3v) is 2.97. The lowest BCUT2D eigenvalue weighted by molar-refractivity contribution is -0.141. The van der Waals surface area contributed by atoms with Crippen LogP contribution in [0.2, 0.25) is 0 Å². The van der Waals surface area contributed by atoms with E-state index in [2.05, 4.69) is 4.74 Å². The second-order valence-electron chi connectivity index (χ2n) is 4.09. The molecule has 0 aliphatic carbocycles. The fraction of sp³-hybridized carbons (Fsp3) is 0.462. The molecule has 0 aliphatic rings. The maximum absolute atomic E-state index is 13.7. The molecule has 0 aliphatic heterocycles. The van der Waals surface area contributed by atoms with E-state index < -0.39 is 29.6 Å². The number of nitrogens with two attached hydrogens (primary N) is 1. The summed E-state index contributed by atoms with van der Waals surface area (Å²) in [4.78, 5) is 11.3. The van der Waals surface area contributed by atoms with E-state index in [1.165, 1.54) is 13.2 Å². The zero-order valence-electron chi connectivity index (χ0n) is 10.5. The fourth-order valence-corrected chi connectivity index (χ4v) is 1.88. The van der Waals surface area contributed by atoms with Crippen LogP contribution in [0.4, 0.5) is 8.78 Å². The van der Waals surface area contributed by atoms with Gasteiger partial charge >= 0.3 is 5.97 Å². The van der Waals surface area contributed by atoms with Crippen molar-refractivity contribution in [2.45, 2.75) is 31.7 Å². The average molecular weight is 257 g/mol. The number of esters is 1. The van der Waals surface area contributed by atoms with Crippen LogP contribution in [-0.2, 0) is 9.53 Å². The van der Waals surface area contributed by atoms with E-state index in [1.54, 1.807) is 6.92 Å². The Morgan fingerprint density at radius 1 is 1.39 bits per heavy atom. The quantitative estimate of drug-likeness (QED) is 0.824. The molecule has 2 atom stereocenters. The van der Waals surface area contributed by atoms with Gasteiger partial charge in [0.15, 0.2) is 0 Å². The van der Waals surface area contributed by atoms with Gasteiger partial charge in [-0.05, 0) is 18.6 Å². The first-order valence-electron chi connectivity index (χ1n) is 5.77. The van der Waals surface area contributed by atoms with Crippen LogP contribution < -0.4 is 5.73 Å². The first-order valence-corrected chi connectivity index (χ1v) is 5.77. The lowest BCUT2D eigenvalue weighted by Crippen LogP contribution is -2.31. The molecule has 5 heteroatoms. The minimum absolute atomic E-state index is 0.136. The normalized spacial score (nSPS) is 14.1. The Kier molecular flexibility index (Phi) is 5.22. The van der Waals surface area contributed by atoms with Gasteiger partial charge in [0.25, 0.3) is 0 Å². The largest absolute Gasteiger partial charge is 0.469 e. The van der Waals surface area contributed by atoms with Gasteiger partial charge in [-0.1, -0.05) is 13.0 Å². The number of hydrogen-bond acceptors (Lipinski definition) is 3. The van der Waals surface area contributed by atoms with Crippen LogP contribution in [-0.4, -0.2) is 19.1 Å². The maximum Gasteiger partial charge on any atom is 0.306 e. The highest BCUT2D eigenvalue weighted by atomic mass is 19.1. The minimum atomic E-state index is -0.719.